The third-order valence-corrected chi connectivity index (χ3v) is 3.22. The molecule has 1 amide bonds. The highest BCUT2D eigenvalue weighted by atomic mass is 16.5. The minimum absolute atomic E-state index is 0.271. The van der Waals surface area contributed by atoms with Crippen LogP contribution in [0, 0.1) is 0 Å². The zero-order valence-corrected chi connectivity index (χ0v) is 13.8. The first-order valence-corrected chi connectivity index (χ1v) is 8.04. The third-order valence-electron chi connectivity index (χ3n) is 3.22. The summed E-state index contributed by atoms with van der Waals surface area (Å²) in [4.78, 5) is 33.4. The number of carboxylic acid groups (broad SMARTS) is 1. The number of anilines is 1. The predicted octanol–water partition coefficient (Wildman–Crippen LogP) is 3.53. The number of unbranched alkanes of at least 4 members (excludes halogenated alkanes) is 4. The summed E-state index contributed by atoms with van der Waals surface area (Å²) in [5.74, 6) is -1.60. The first kappa shape index (κ1) is 19.4. The molecule has 0 atom stereocenters. The van der Waals surface area contributed by atoms with Gasteiger partial charge in [0, 0.05) is 24.3 Å². The first-order valence-electron chi connectivity index (χ1n) is 8.04. The van der Waals surface area contributed by atoms with Gasteiger partial charge in [-0.3, -0.25) is 9.59 Å². The number of hydrogen-bond donors (Lipinski definition) is 2. The number of rotatable bonds is 10. The van der Waals surface area contributed by atoms with Gasteiger partial charge in [-0.2, -0.15) is 0 Å². The number of carbonyl (C=O) groups excluding carboxylic acids is 2. The minimum atomic E-state index is -1.19. The van der Waals surface area contributed by atoms with E-state index in [4.69, 9.17) is 9.84 Å². The molecule has 0 aliphatic heterocycles. The SMILES string of the molecule is CCCCCCCC(=O)Oc1ccc(NC(=O)C=CC(=O)O)cc1. The van der Waals surface area contributed by atoms with Gasteiger partial charge in [0.25, 0.3) is 0 Å². The van der Waals surface area contributed by atoms with Gasteiger partial charge < -0.3 is 15.2 Å². The molecule has 0 aromatic heterocycles. The van der Waals surface area contributed by atoms with Crippen molar-refractivity contribution in [1.29, 1.82) is 0 Å². The Morgan fingerprint density at radius 2 is 1.71 bits per heavy atom. The molecular formula is C18H23NO5. The van der Waals surface area contributed by atoms with E-state index in [1.54, 1.807) is 24.3 Å². The lowest BCUT2D eigenvalue weighted by Crippen LogP contribution is -2.09. The van der Waals surface area contributed by atoms with E-state index in [0.717, 1.165) is 31.4 Å². The van der Waals surface area contributed by atoms with Crippen LogP contribution in [-0.4, -0.2) is 23.0 Å². The molecule has 0 saturated heterocycles. The molecule has 0 fully saturated rings. The topological polar surface area (TPSA) is 92.7 Å². The quantitative estimate of drug-likeness (QED) is 0.296. The van der Waals surface area contributed by atoms with Gasteiger partial charge in [-0.25, -0.2) is 4.79 Å². The third kappa shape index (κ3) is 8.73. The standard InChI is InChI=1S/C18H23NO5/c1-2-3-4-5-6-7-18(23)24-15-10-8-14(9-11-15)19-16(20)12-13-17(21)22/h8-13H,2-7H2,1H3,(H,19,20)(H,21,22). The number of amides is 1. The Kier molecular flexibility index (Phi) is 8.89. The molecule has 130 valence electrons. The number of esters is 1. The summed E-state index contributed by atoms with van der Waals surface area (Å²) in [6, 6.07) is 6.31. The van der Waals surface area contributed by atoms with Crippen LogP contribution >= 0.6 is 0 Å². The molecule has 0 saturated carbocycles. The Balaban J connectivity index is 2.37. The summed E-state index contributed by atoms with van der Waals surface area (Å²) in [5.41, 5.74) is 0.481. The summed E-state index contributed by atoms with van der Waals surface area (Å²) >= 11 is 0. The minimum Gasteiger partial charge on any atom is -0.478 e. The predicted molar refractivity (Wildman–Crippen MR) is 90.9 cm³/mol. The molecule has 24 heavy (non-hydrogen) atoms. The van der Waals surface area contributed by atoms with Crippen LogP contribution in [0.4, 0.5) is 5.69 Å². The van der Waals surface area contributed by atoms with Gasteiger partial charge in [-0.1, -0.05) is 32.6 Å². The maximum Gasteiger partial charge on any atom is 0.328 e. The van der Waals surface area contributed by atoms with Gasteiger partial charge in [0.05, 0.1) is 0 Å². The van der Waals surface area contributed by atoms with E-state index < -0.39 is 11.9 Å². The van der Waals surface area contributed by atoms with Crippen molar-refractivity contribution in [3.05, 3.63) is 36.4 Å². The fourth-order valence-corrected chi connectivity index (χ4v) is 1.99. The van der Waals surface area contributed by atoms with E-state index in [0.29, 0.717) is 17.9 Å². The molecule has 0 bridgehead atoms. The molecule has 0 unspecified atom stereocenters. The van der Waals surface area contributed by atoms with Gasteiger partial charge >= 0.3 is 11.9 Å². The van der Waals surface area contributed by atoms with E-state index in [-0.39, 0.29) is 5.97 Å². The van der Waals surface area contributed by atoms with Gasteiger partial charge in [-0.05, 0) is 30.7 Å². The number of aliphatic carboxylic acids is 1. The second kappa shape index (κ2) is 11.0. The largest absolute Gasteiger partial charge is 0.478 e. The van der Waals surface area contributed by atoms with E-state index >= 15 is 0 Å². The second-order valence-electron chi connectivity index (χ2n) is 5.32. The average molecular weight is 333 g/mol. The van der Waals surface area contributed by atoms with Crippen molar-refractivity contribution in [1.82, 2.24) is 0 Å². The molecule has 0 radical (unpaired) electrons. The number of carboxylic acids is 1. The van der Waals surface area contributed by atoms with Gasteiger partial charge in [-0.15, -0.1) is 0 Å². The lowest BCUT2D eigenvalue weighted by Gasteiger charge is -2.06. The molecule has 1 rings (SSSR count). The molecule has 1 aromatic carbocycles. The fraction of sp³-hybridized carbons (Fsp3) is 0.389. The van der Waals surface area contributed by atoms with Crippen LogP contribution < -0.4 is 10.1 Å². The summed E-state index contributed by atoms with van der Waals surface area (Å²) in [7, 11) is 0. The first-order chi connectivity index (χ1) is 11.5. The van der Waals surface area contributed by atoms with Crippen LogP contribution in [0.5, 0.6) is 5.75 Å². The van der Waals surface area contributed by atoms with Crippen molar-refractivity contribution >= 4 is 23.5 Å². The number of ether oxygens (including phenoxy) is 1. The normalized spacial score (nSPS) is 10.5. The molecular weight excluding hydrogens is 310 g/mol. The summed E-state index contributed by atoms with van der Waals surface area (Å²) < 4.78 is 5.22. The van der Waals surface area contributed by atoms with Crippen molar-refractivity contribution in [2.45, 2.75) is 45.4 Å². The van der Waals surface area contributed by atoms with Crippen LogP contribution in [0.1, 0.15) is 45.4 Å². The Labute approximate surface area is 141 Å². The van der Waals surface area contributed by atoms with E-state index in [1.165, 1.54) is 12.8 Å². The number of benzene rings is 1. The second-order valence-corrected chi connectivity index (χ2v) is 5.32. The number of nitrogens with one attached hydrogen (secondary N) is 1. The number of carbonyl (C=O) groups is 3. The monoisotopic (exact) mass is 333 g/mol. The van der Waals surface area contributed by atoms with Crippen molar-refractivity contribution in [3.63, 3.8) is 0 Å². The van der Waals surface area contributed by atoms with E-state index in [1.807, 2.05) is 0 Å². The van der Waals surface area contributed by atoms with E-state index in [2.05, 4.69) is 12.2 Å². The maximum atomic E-state index is 11.7. The molecule has 0 heterocycles. The Bertz CT molecular complexity index is 578. The highest BCUT2D eigenvalue weighted by molar-refractivity contribution is 6.02. The Hall–Kier alpha value is -2.63. The molecule has 0 spiro atoms. The lowest BCUT2D eigenvalue weighted by molar-refractivity contribution is -0.134. The lowest BCUT2D eigenvalue weighted by atomic mass is 10.1. The molecule has 2 N–H and O–H groups in total. The molecule has 6 heteroatoms. The van der Waals surface area contributed by atoms with Crippen LogP contribution in [0.15, 0.2) is 36.4 Å². The van der Waals surface area contributed by atoms with Gasteiger partial charge in [0.2, 0.25) is 5.91 Å². The molecule has 6 nitrogen and oxygen atoms in total. The Morgan fingerprint density at radius 3 is 2.33 bits per heavy atom. The van der Waals surface area contributed by atoms with Gasteiger partial charge in [0.15, 0.2) is 0 Å². The van der Waals surface area contributed by atoms with Crippen LogP contribution in [0.3, 0.4) is 0 Å². The number of hydrogen-bond acceptors (Lipinski definition) is 4. The highest BCUT2D eigenvalue weighted by Crippen LogP contribution is 2.17. The molecule has 0 aliphatic rings. The molecule has 1 aromatic rings. The summed E-state index contributed by atoms with van der Waals surface area (Å²) in [6.07, 6.45) is 7.40. The summed E-state index contributed by atoms with van der Waals surface area (Å²) in [6.45, 7) is 2.14. The summed E-state index contributed by atoms with van der Waals surface area (Å²) in [5, 5.41) is 10.9. The van der Waals surface area contributed by atoms with Crippen molar-refractivity contribution < 1.29 is 24.2 Å². The zero-order chi connectivity index (χ0) is 17.8. The van der Waals surface area contributed by atoms with Crippen molar-refractivity contribution in [2.24, 2.45) is 0 Å². The molecule has 0 aliphatic carbocycles. The fourth-order valence-electron chi connectivity index (χ4n) is 1.99. The van der Waals surface area contributed by atoms with Crippen LogP contribution in [0.25, 0.3) is 0 Å². The average Bonchev–Trinajstić information content (AvgIpc) is 2.54. The maximum absolute atomic E-state index is 11.7. The van der Waals surface area contributed by atoms with Crippen LogP contribution in [-0.2, 0) is 14.4 Å². The smallest absolute Gasteiger partial charge is 0.328 e. The zero-order valence-electron chi connectivity index (χ0n) is 13.8. The van der Waals surface area contributed by atoms with Gasteiger partial charge in [0.1, 0.15) is 5.75 Å². The van der Waals surface area contributed by atoms with Crippen molar-refractivity contribution in [2.75, 3.05) is 5.32 Å². The highest BCUT2D eigenvalue weighted by Gasteiger charge is 2.05. The van der Waals surface area contributed by atoms with E-state index in [9.17, 15) is 14.4 Å². The van der Waals surface area contributed by atoms with Crippen LogP contribution in [0.2, 0.25) is 0 Å². The van der Waals surface area contributed by atoms with Crippen molar-refractivity contribution in [3.8, 4) is 5.75 Å². The Morgan fingerprint density at radius 1 is 1.04 bits per heavy atom.